The molecule has 1 saturated heterocycles. The van der Waals surface area contributed by atoms with Crippen LogP contribution in [0.4, 0.5) is 10.1 Å². The Kier molecular flexibility index (Phi) is 5.06. The van der Waals surface area contributed by atoms with E-state index < -0.39 is 0 Å². The predicted molar refractivity (Wildman–Crippen MR) is 79.5 cm³/mol. The third kappa shape index (κ3) is 3.21. The standard InChI is InChI=1S/C15H22ClFN2/c1-3-6-11-10-19(12(4-2)9-18-11)15-13(16)7-5-8-14(15)17/h5,7-8,11-12,18H,3-4,6,9-10H2,1-2H3. The molecular formula is C15H22ClFN2. The molecule has 0 aliphatic carbocycles. The van der Waals surface area contributed by atoms with Crippen LogP contribution in [-0.4, -0.2) is 25.2 Å². The largest absolute Gasteiger partial charge is 0.362 e. The molecule has 1 fully saturated rings. The van der Waals surface area contributed by atoms with Gasteiger partial charge in [-0.25, -0.2) is 4.39 Å². The van der Waals surface area contributed by atoms with Crippen molar-refractivity contribution in [1.29, 1.82) is 0 Å². The van der Waals surface area contributed by atoms with Gasteiger partial charge in [-0.1, -0.05) is 37.9 Å². The molecule has 2 atom stereocenters. The summed E-state index contributed by atoms with van der Waals surface area (Å²) >= 11 is 6.21. The molecular weight excluding hydrogens is 263 g/mol. The van der Waals surface area contributed by atoms with E-state index in [0.29, 0.717) is 22.8 Å². The summed E-state index contributed by atoms with van der Waals surface area (Å²) in [6.07, 6.45) is 3.23. The van der Waals surface area contributed by atoms with Crippen LogP contribution in [0.5, 0.6) is 0 Å². The number of nitrogens with one attached hydrogen (secondary N) is 1. The Morgan fingerprint density at radius 1 is 1.42 bits per heavy atom. The molecule has 0 saturated carbocycles. The van der Waals surface area contributed by atoms with Gasteiger partial charge in [0.1, 0.15) is 5.82 Å². The fraction of sp³-hybridized carbons (Fsp3) is 0.600. The maximum Gasteiger partial charge on any atom is 0.148 e. The minimum Gasteiger partial charge on any atom is -0.362 e. The molecule has 2 rings (SSSR count). The molecule has 1 aromatic carbocycles. The fourth-order valence-electron chi connectivity index (χ4n) is 2.81. The molecule has 2 unspecified atom stereocenters. The van der Waals surface area contributed by atoms with Gasteiger partial charge in [-0.3, -0.25) is 0 Å². The topological polar surface area (TPSA) is 15.3 Å². The number of nitrogens with zero attached hydrogens (tertiary/aromatic N) is 1. The Hall–Kier alpha value is -0.800. The van der Waals surface area contributed by atoms with E-state index >= 15 is 0 Å². The summed E-state index contributed by atoms with van der Waals surface area (Å²) in [6.45, 7) is 6.03. The monoisotopic (exact) mass is 284 g/mol. The van der Waals surface area contributed by atoms with Gasteiger partial charge in [-0.2, -0.15) is 0 Å². The van der Waals surface area contributed by atoms with E-state index in [2.05, 4.69) is 24.1 Å². The van der Waals surface area contributed by atoms with Gasteiger partial charge in [0.05, 0.1) is 10.7 Å². The van der Waals surface area contributed by atoms with Crippen molar-refractivity contribution in [3.8, 4) is 0 Å². The smallest absolute Gasteiger partial charge is 0.148 e. The normalized spacial score (nSPS) is 23.7. The van der Waals surface area contributed by atoms with Crippen molar-refractivity contribution in [2.24, 2.45) is 0 Å². The van der Waals surface area contributed by atoms with Crippen LogP contribution in [0.3, 0.4) is 0 Å². The van der Waals surface area contributed by atoms with Crippen LogP contribution in [0, 0.1) is 5.82 Å². The molecule has 1 aromatic rings. The molecule has 4 heteroatoms. The van der Waals surface area contributed by atoms with Gasteiger partial charge in [0.2, 0.25) is 0 Å². The number of piperazine rings is 1. The van der Waals surface area contributed by atoms with Gasteiger partial charge in [0.15, 0.2) is 0 Å². The average molecular weight is 285 g/mol. The van der Waals surface area contributed by atoms with Gasteiger partial charge in [-0.05, 0) is 25.0 Å². The average Bonchev–Trinajstić information content (AvgIpc) is 2.39. The van der Waals surface area contributed by atoms with Crippen molar-refractivity contribution in [2.75, 3.05) is 18.0 Å². The lowest BCUT2D eigenvalue weighted by molar-refractivity contribution is 0.366. The van der Waals surface area contributed by atoms with E-state index in [1.54, 1.807) is 12.1 Å². The maximum absolute atomic E-state index is 14.1. The van der Waals surface area contributed by atoms with Gasteiger partial charge < -0.3 is 10.2 Å². The van der Waals surface area contributed by atoms with Crippen LogP contribution < -0.4 is 10.2 Å². The van der Waals surface area contributed by atoms with Crippen LogP contribution in [-0.2, 0) is 0 Å². The molecule has 1 N–H and O–H groups in total. The minimum atomic E-state index is -0.219. The summed E-state index contributed by atoms with van der Waals surface area (Å²) < 4.78 is 14.1. The van der Waals surface area contributed by atoms with E-state index in [-0.39, 0.29) is 5.82 Å². The Morgan fingerprint density at radius 2 is 2.21 bits per heavy atom. The number of hydrogen-bond acceptors (Lipinski definition) is 2. The molecule has 0 radical (unpaired) electrons. The van der Waals surface area contributed by atoms with Crippen LogP contribution >= 0.6 is 11.6 Å². The Balaban J connectivity index is 2.27. The fourth-order valence-corrected chi connectivity index (χ4v) is 3.08. The molecule has 0 spiro atoms. The SMILES string of the molecule is CCCC1CN(c2c(F)cccc2Cl)C(CC)CN1. The highest BCUT2D eigenvalue weighted by Crippen LogP contribution is 2.32. The second-order valence-electron chi connectivity index (χ2n) is 5.18. The summed E-state index contributed by atoms with van der Waals surface area (Å²) in [6, 6.07) is 5.65. The van der Waals surface area contributed by atoms with Crippen LogP contribution in [0.2, 0.25) is 5.02 Å². The van der Waals surface area contributed by atoms with E-state index in [1.807, 2.05) is 0 Å². The number of hydrogen-bond donors (Lipinski definition) is 1. The maximum atomic E-state index is 14.1. The van der Waals surface area contributed by atoms with Crippen LogP contribution in [0.1, 0.15) is 33.1 Å². The molecule has 106 valence electrons. The first-order chi connectivity index (χ1) is 9.17. The molecule has 0 aromatic heterocycles. The number of rotatable bonds is 4. The third-order valence-corrected chi connectivity index (χ3v) is 4.14. The molecule has 2 nitrogen and oxygen atoms in total. The highest BCUT2D eigenvalue weighted by atomic mass is 35.5. The first-order valence-corrected chi connectivity index (χ1v) is 7.49. The van der Waals surface area contributed by atoms with E-state index in [0.717, 1.165) is 32.4 Å². The second kappa shape index (κ2) is 6.58. The van der Waals surface area contributed by atoms with Crippen molar-refractivity contribution < 1.29 is 4.39 Å². The Labute approximate surface area is 119 Å². The van der Waals surface area contributed by atoms with Crippen molar-refractivity contribution in [3.05, 3.63) is 29.0 Å². The summed E-state index contributed by atoms with van der Waals surface area (Å²) in [5, 5.41) is 4.06. The number of benzene rings is 1. The zero-order valence-corrected chi connectivity index (χ0v) is 12.4. The summed E-state index contributed by atoms with van der Waals surface area (Å²) in [7, 11) is 0. The van der Waals surface area contributed by atoms with Crippen LogP contribution in [0.15, 0.2) is 18.2 Å². The molecule has 1 aliphatic rings. The van der Waals surface area contributed by atoms with Gasteiger partial charge in [0.25, 0.3) is 0 Å². The lowest BCUT2D eigenvalue weighted by atomic mass is 10.0. The van der Waals surface area contributed by atoms with Gasteiger partial charge in [0, 0.05) is 25.2 Å². The highest BCUT2D eigenvalue weighted by Gasteiger charge is 2.29. The number of anilines is 1. The van der Waals surface area contributed by atoms with Crippen LogP contribution in [0.25, 0.3) is 0 Å². The first kappa shape index (κ1) is 14.6. The van der Waals surface area contributed by atoms with Gasteiger partial charge >= 0.3 is 0 Å². The molecule has 0 amide bonds. The van der Waals surface area contributed by atoms with E-state index in [1.165, 1.54) is 6.07 Å². The molecule has 19 heavy (non-hydrogen) atoms. The minimum absolute atomic E-state index is 0.219. The number of halogens is 2. The van der Waals surface area contributed by atoms with Crippen molar-refractivity contribution in [2.45, 2.75) is 45.2 Å². The van der Waals surface area contributed by atoms with E-state index in [9.17, 15) is 4.39 Å². The summed E-state index contributed by atoms with van der Waals surface area (Å²) in [4.78, 5) is 2.15. The van der Waals surface area contributed by atoms with Crippen molar-refractivity contribution in [1.82, 2.24) is 5.32 Å². The van der Waals surface area contributed by atoms with Crippen molar-refractivity contribution in [3.63, 3.8) is 0 Å². The highest BCUT2D eigenvalue weighted by molar-refractivity contribution is 6.33. The molecule has 1 aliphatic heterocycles. The summed E-state index contributed by atoms with van der Waals surface area (Å²) in [5.74, 6) is -0.219. The number of para-hydroxylation sites is 1. The lowest BCUT2D eigenvalue weighted by Gasteiger charge is -2.42. The predicted octanol–water partition coefficient (Wildman–Crippen LogP) is 3.84. The van der Waals surface area contributed by atoms with Gasteiger partial charge in [-0.15, -0.1) is 0 Å². The third-order valence-electron chi connectivity index (χ3n) is 3.83. The second-order valence-corrected chi connectivity index (χ2v) is 5.59. The zero-order chi connectivity index (χ0) is 13.8. The zero-order valence-electron chi connectivity index (χ0n) is 11.6. The van der Waals surface area contributed by atoms with Crippen molar-refractivity contribution >= 4 is 17.3 Å². The first-order valence-electron chi connectivity index (χ1n) is 7.11. The summed E-state index contributed by atoms with van der Waals surface area (Å²) in [5.41, 5.74) is 0.568. The lowest BCUT2D eigenvalue weighted by Crippen LogP contribution is -2.56. The quantitative estimate of drug-likeness (QED) is 0.904. The molecule has 0 bridgehead atoms. The Bertz CT molecular complexity index is 404. The molecule has 1 heterocycles. The Morgan fingerprint density at radius 3 is 2.84 bits per heavy atom. The van der Waals surface area contributed by atoms with E-state index in [4.69, 9.17) is 11.6 Å².